The van der Waals surface area contributed by atoms with Crippen LogP contribution in [0.2, 0.25) is 0 Å². The molecule has 2 aromatic carbocycles. The Kier molecular flexibility index (Phi) is 6.40. The fourth-order valence-electron chi connectivity index (χ4n) is 2.57. The fourth-order valence-corrected chi connectivity index (χ4v) is 2.57. The Morgan fingerprint density at radius 2 is 1.96 bits per heavy atom. The predicted octanol–water partition coefficient (Wildman–Crippen LogP) is 3.68. The van der Waals surface area contributed by atoms with Crippen molar-refractivity contribution < 1.29 is 9.47 Å². The number of aromatic nitrogens is 3. The molecule has 1 heterocycles. The van der Waals surface area contributed by atoms with Gasteiger partial charge in [0.1, 0.15) is 11.5 Å². The first-order chi connectivity index (χ1) is 13.3. The van der Waals surface area contributed by atoms with Crippen molar-refractivity contribution in [1.82, 2.24) is 15.2 Å². The van der Waals surface area contributed by atoms with Crippen molar-refractivity contribution in [3.63, 3.8) is 0 Å². The highest BCUT2D eigenvalue weighted by Gasteiger charge is 2.06. The van der Waals surface area contributed by atoms with E-state index in [-0.39, 0.29) is 0 Å². The summed E-state index contributed by atoms with van der Waals surface area (Å²) in [5.74, 6) is 2.69. The lowest BCUT2D eigenvalue weighted by Gasteiger charge is -2.12. The standard InChI is InChI=1S/C20H23N5O2/c1-3-27-18-10-5-4-9-17(18)23-19-14-22-25-20(24-19)21-12-11-15-7-6-8-16(13-15)26-2/h4-10,13-14H,3,11-12H2,1-2H3,(H2,21,23,24,25). The first-order valence-corrected chi connectivity index (χ1v) is 8.84. The zero-order valence-electron chi connectivity index (χ0n) is 15.5. The molecular formula is C20H23N5O2. The third-order valence-electron chi connectivity index (χ3n) is 3.84. The Morgan fingerprint density at radius 3 is 2.81 bits per heavy atom. The molecule has 0 fully saturated rings. The van der Waals surface area contributed by atoms with Gasteiger partial charge in [-0.05, 0) is 43.2 Å². The number of ether oxygens (including phenoxy) is 2. The van der Waals surface area contributed by atoms with E-state index in [2.05, 4.69) is 31.9 Å². The SMILES string of the molecule is CCOc1ccccc1Nc1cnnc(NCCc2cccc(OC)c2)n1. The van der Waals surface area contributed by atoms with Gasteiger partial charge in [0.25, 0.3) is 0 Å². The molecule has 0 radical (unpaired) electrons. The third kappa shape index (κ3) is 5.31. The number of para-hydroxylation sites is 2. The zero-order valence-corrected chi connectivity index (χ0v) is 15.5. The van der Waals surface area contributed by atoms with Crippen LogP contribution >= 0.6 is 0 Å². The predicted molar refractivity (Wildman–Crippen MR) is 106 cm³/mol. The lowest BCUT2D eigenvalue weighted by molar-refractivity contribution is 0.342. The van der Waals surface area contributed by atoms with Gasteiger partial charge in [0.2, 0.25) is 5.95 Å². The second-order valence-corrected chi connectivity index (χ2v) is 5.75. The first-order valence-electron chi connectivity index (χ1n) is 8.84. The number of nitrogens with zero attached hydrogens (tertiary/aromatic N) is 3. The van der Waals surface area contributed by atoms with Crippen LogP contribution in [0.1, 0.15) is 12.5 Å². The number of methoxy groups -OCH3 is 1. The molecule has 0 aliphatic heterocycles. The van der Waals surface area contributed by atoms with Crippen molar-refractivity contribution in [2.24, 2.45) is 0 Å². The van der Waals surface area contributed by atoms with Gasteiger partial charge in [0.05, 0.1) is 25.6 Å². The van der Waals surface area contributed by atoms with Gasteiger partial charge in [-0.1, -0.05) is 24.3 Å². The van der Waals surface area contributed by atoms with E-state index in [1.165, 1.54) is 5.56 Å². The summed E-state index contributed by atoms with van der Waals surface area (Å²) in [6.45, 7) is 3.24. The van der Waals surface area contributed by atoms with Gasteiger partial charge in [-0.25, -0.2) is 0 Å². The Bertz CT molecular complexity index is 872. The zero-order chi connectivity index (χ0) is 18.9. The van der Waals surface area contributed by atoms with Crippen molar-refractivity contribution in [3.05, 3.63) is 60.3 Å². The van der Waals surface area contributed by atoms with E-state index in [4.69, 9.17) is 9.47 Å². The summed E-state index contributed by atoms with van der Waals surface area (Å²) >= 11 is 0. The number of nitrogens with one attached hydrogen (secondary N) is 2. The third-order valence-corrected chi connectivity index (χ3v) is 3.84. The van der Waals surface area contributed by atoms with Crippen LogP contribution in [0, 0.1) is 0 Å². The number of hydrogen-bond acceptors (Lipinski definition) is 7. The van der Waals surface area contributed by atoms with Crippen LogP contribution in [0.25, 0.3) is 0 Å². The molecule has 0 saturated heterocycles. The van der Waals surface area contributed by atoms with Gasteiger partial charge in [0.15, 0.2) is 5.82 Å². The van der Waals surface area contributed by atoms with E-state index in [0.29, 0.717) is 24.9 Å². The molecule has 0 aliphatic carbocycles. The summed E-state index contributed by atoms with van der Waals surface area (Å²) in [5, 5.41) is 14.5. The number of rotatable bonds is 9. The highest BCUT2D eigenvalue weighted by molar-refractivity contribution is 5.63. The maximum absolute atomic E-state index is 5.62. The Labute approximate surface area is 158 Å². The first kappa shape index (κ1) is 18.4. The van der Waals surface area contributed by atoms with E-state index in [1.807, 2.05) is 49.4 Å². The summed E-state index contributed by atoms with van der Waals surface area (Å²) in [6.07, 6.45) is 2.40. The van der Waals surface area contributed by atoms with Crippen molar-refractivity contribution in [1.29, 1.82) is 0 Å². The summed E-state index contributed by atoms with van der Waals surface area (Å²) in [4.78, 5) is 4.46. The van der Waals surface area contributed by atoms with Crippen LogP contribution in [0.3, 0.4) is 0 Å². The molecule has 0 unspecified atom stereocenters. The molecule has 0 amide bonds. The number of hydrogen-bond donors (Lipinski definition) is 2. The largest absolute Gasteiger partial charge is 0.497 e. The molecule has 27 heavy (non-hydrogen) atoms. The Morgan fingerprint density at radius 1 is 1.07 bits per heavy atom. The van der Waals surface area contributed by atoms with Crippen LogP contribution in [0.4, 0.5) is 17.5 Å². The average Bonchev–Trinajstić information content (AvgIpc) is 2.70. The van der Waals surface area contributed by atoms with Crippen LogP contribution in [0.15, 0.2) is 54.7 Å². The van der Waals surface area contributed by atoms with E-state index in [0.717, 1.165) is 23.6 Å². The van der Waals surface area contributed by atoms with E-state index < -0.39 is 0 Å². The molecule has 140 valence electrons. The highest BCUT2D eigenvalue weighted by atomic mass is 16.5. The van der Waals surface area contributed by atoms with Gasteiger partial charge in [-0.15, -0.1) is 5.10 Å². The average molecular weight is 365 g/mol. The second-order valence-electron chi connectivity index (χ2n) is 5.75. The molecule has 0 bridgehead atoms. The summed E-state index contributed by atoms with van der Waals surface area (Å²) in [5.41, 5.74) is 2.01. The molecular weight excluding hydrogens is 342 g/mol. The molecule has 0 atom stereocenters. The van der Waals surface area contributed by atoms with Crippen LogP contribution in [0.5, 0.6) is 11.5 Å². The van der Waals surface area contributed by atoms with Crippen LogP contribution in [-0.2, 0) is 6.42 Å². The van der Waals surface area contributed by atoms with Crippen molar-refractivity contribution in [2.45, 2.75) is 13.3 Å². The summed E-state index contributed by atoms with van der Waals surface area (Å²) in [6, 6.07) is 15.7. The molecule has 7 nitrogen and oxygen atoms in total. The molecule has 0 aliphatic rings. The molecule has 2 N–H and O–H groups in total. The lowest BCUT2D eigenvalue weighted by Crippen LogP contribution is -2.10. The monoisotopic (exact) mass is 365 g/mol. The topological polar surface area (TPSA) is 81.2 Å². The molecule has 3 aromatic rings. The van der Waals surface area contributed by atoms with E-state index >= 15 is 0 Å². The minimum atomic E-state index is 0.469. The van der Waals surface area contributed by atoms with Crippen molar-refractivity contribution in [2.75, 3.05) is 30.9 Å². The fraction of sp³-hybridized carbons (Fsp3) is 0.250. The second kappa shape index (κ2) is 9.38. The lowest BCUT2D eigenvalue weighted by atomic mass is 10.1. The maximum Gasteiger partial charge on any atom is 0.244 e. The molecule has 3 rings (SSSR count). The van der Waals surface area contributed by atoms with Gasteiger partial charge < -0.3 is 20.1 Å². The number of anilines is 3. The van der Waals surface area contributed by atoms with Crippen molar-refractivity contribution in [3.8, 4) is 11.5 Å². The summed E-state index contributed by atoms with van der Waals surface area (Å²) < 4.78 is 10.9. The van der Waals surface area contributed by atoms with E-state index in [9.17, 15) is 0 Å². The normalized spacial score (nSPS) is 10.3. The van der Waals surface area contributed by atoms with E-state index in [1.54, 1.807) is 13.3 Å². The quantitative estimate of drug-likeness (QED) is 0.599. The van der Waals surface area contributed by atoms with Crippen LogP contribution in [-0.4, -0.2) is 35.4 Å². The smallest absolute Gasteiger partial charge is 0.244 e. The Hall–Kier alpha value is -3.35. The summed E-state index contributed by atoms with van der Waals surface area (Å²) in [7, 11) is 1.67. The molecule has 1 aromatic heterocycles. The Balaban J connectivity index is 1.60. The molecule has 7 heteroatoms. The maximum atomic E-state index is 5.62. The van der Waals surface area contributed by atoms with Gasteiger partial charge in [-0.3, -0.25) is 0 Å². The van der Waals surface area contributed by atoms with Crippen LogP contribution < -0.4 is 20.1 Å². The minimum Gasteiger partial charge on any atom is -0.497 e. The number of benzene rings is 2. The van der Waals surface area contributed by atoms with Gasteiger partial charge in [0, 0.05) is 6.54 Å². The minimum absolute atomic E-state index is 0.469. The van der Waals surface area contributed by atoms with Gasteiger partial charge in [-0.2, -0.15) is 10.1 Å². The highest BCUT2D eigenvalue weighted by Crippen LogP contribution is 2.26. The van der Waals surface area contributed by atoms with Gasteiger partial charge >= 0.3 is 0 Å². The van der Waals surface area contributed by atoms with Crippen molar-refractivity contribution >= 4 is 17.5 Å². The molecule has 0 saturated carbocycles. The molecule has 0 spiro atoms.